The molecule has 0 saturated carbocycles. The molecule has 2 rings (SSSR count). The summed E-state index contributed by atoms with van der Waals surface area (Å²) in [6.07, 6.45) is 1.05. The van der Waals surface area contributed by atoms with Crippen molar-refractivity contribution in [3.8, 4) is 5.75 Å². The van der Waals surface area contributed by atoms with Crippen molar-refractivity contribution in [2.75, 3.05) is 6.54 Å². The molecule has 0 spiro atoms. The Kier molecular flexibility index (Phi) is 6.01. The Bertz CT molecular complexity index is 687. The van der Waals surface area contributed by atoms with Crippen LogP contribution in [0.25, 0.3) is 0 Å². The number of hydrogen-bond donors (Lipinski definition) is 1. The minimum absolute atomic E-state index is 0.0457. The standard InChI is InChI=1S/C19H26N2O3/c1-6-12(2)10-20-19(22)16-7-8-18(13(3)9-16)23-11-17-14(4)21-24-15(17)5/h7-9,12H,6,10-11H2,1-5H3,(H,20,22). The molecule has 0 aliphatic rings. The van der Waals surface area contributed by atoms with E-state index in [0.29, 0.717) is 24.6 Å². The number of hydrogen-bond acceptors (Lipinski definition) is 4. The van der Waals surface area contributed by atoms with Crippen molar-refractivity contribution in [1.29, 1.82) is 0 Å². The van der Waals surface area contributed by atoms with Gasteiger partial charge in [-0.3, -0.25) is 4.79 Å². The highest BCUT2D eigenvalue weighted by Crippen LogP contribution is 2.22. The number of rotatable bonds is 7. The van der Waals surface area contributed by atoms with Crippen molar-refractivity contribution >= 4 is 5.91 Å². The van der Waals surface area contributed by atoms with Crippen molar-refractivity contribution in [2.45, 2.75) is 47.6 Å². The number of nitrogens with one attached hydrogen (secondary N) is 1. The lowest BCUT2D eigenvalue weighted by atomic mass is 10.1. The number of aryl methyl sites for hydroxylation is 3. The van der Waals surface area contributed by atoms with E-state index in [1.165, 1.54) is 0 Å². The van der Waals surface area contributed by atoms with E-state index in [1.54, 1.807) is 6.07 Å². The van der Waals surface area contributed by atoms with Gasteiger partial charge in [0.2, 0.25) is 0 Å². The zero-order valence-electron chi connectivity index (χ0n) is 15.1. The topological polar surface area (TPSA) is 64.4 Å². The summed E-state index contributed by atoms with van der Waals surface area (Å²) in [7, 11) is 0. The number of carbonyl (C=O) groups excluding carboxylic acids is 1. The Morgan fingerprint density at radius 3 is 2.67 bits per heavy atom. The van der Waals surface area contributed by atoms with Crippen LogP contribution >= 0.6 is 0 Å². The van der Waals surface area contributed by atoms with Gasteiger partial charge >= 0.3 is 0 Å². The van der Waals surface area contributed by atoms with E-state index in [0.717, 1.165) is 34.8 Å². The van der Waals surface area contributed by atoms with Crippen LogP contribution in [0.2, 0.25) is 0 Å². The molecule has 0 bridgehead atoms. The molecule has 0 radical (unpaired) electrons. The molecule has 1 atom stereocenters. The van der Waals surface area contributed by atoms with E-state index in [9.17, 15) is 4.79 Å². The molecule has 0 fully saturated rings. The molecule has 1 aromatic heterocycles. The summed E-state index contributed by atoms with van der Waals surface area (Å²) >= 11 is 0. The SMILES string of the molecule is CCC(C)CNC(=O)c1ccc(OCc2c(C)noc2C)c(C)c1. The first-order valence-corrected chi connectivity index (χ1v) is 8.35. The zero-order chi connectivity index (χ0) is 17.7. The summed E-state index contributed by atoms with van der Waals surface area (Å²) < 4.78 is 11.0. The quantitative estimate of drug-likeness (QED) is 0.835. The highest BCUT2D eigenvalue weighted by atomic mass is 16.5. The third-order valence-corrected chi connectivity index (χ3v) is 4.30. The number of amides is 1. The number of ether oxygens (including phenoxy) is 1. The molecule has 1 aromatic carbocycles. The van der Waals surface area contributed by atoms with Crippen LogP contribution in [0.4, 0.5) is 0 Å². The van der Waals surface area contributed by atoms with Gasteiger partial charge in [-0.2, -0.15) is 0 Å². The van der Waals surface area contributed by atoms with Gasteiger partial charge in [0.15, 0.2) is 0 Å². The molecule has 1 heterocycles. The second-order valence-corrected chi connectivity index (χ2v) is 6.30. The van der Waals surface area contributed by atoms with Crippen LogP contribution in [0.1, 0.15) is 53.2 Å². The van der Waals surface area contributed by atoms with Gasteiger partial charge in [-0.25, -0.2) is 0 Å². The molecule has 24 heavy (non-hydrogen) atoms. The maximum atomic E-state index is 12.2. The largest absolute Gasteiger partial charge is 0.488 e. The predicted octanol–water partition coefficient (Wildman–Crippen LogP) is 3.95. The molecule has 1 unspecified atom stereocenters. The smallest absolute Gasteiger partial charge is 0.251 e. The Labute approximate surface area is 143 Å². The highest BCUT2D eigenvalue weighted by Gasteiger charge is 2.12. The predicted molar refractivity (Wildman–Crippen MR) is 93.3 cm³/mol. The van der Waals surface area contributed by atoms with E-state index < -0.39 is 0 Å². The van der Waals surface area contributed by atoms with Crippen molar-refractivity contribution in [1.82, 2.24) is 10.5 Å². The Morgan fingerprint density at radius 1 is 1.33 bits per heavy atom. The Morgan fingerprint density at radius 2 is 2.08 bits per heavy atom. The maximum Gasteiger partial charge on any atom is 0.251 e. The van der Waals surface area contributed by atoms with Crippen LogP contribution in [0.15, 0.2) is 22.7 Å². The molecule has 130 valence electrons. The van der Waals surface area contributed by atoms with Gasteiger partial charge in [0.1, 0.15) is 18.1 Å². The fourth-order valence-corrected chi connectivity index (χ4v) is 2.32. The summed E-state index contributed by atoms with van der Waals surface area (Å²) in [4.78, 5) is 12.2. The van der Waals surface area contributed by atoms with Crippen LogP contribution < -0.4 is 10.1 Å². The molecule has 1 amide bonds. The third kappa shape index (κ3) is 4.37. The van der Waals surface area contributed by atoms with Crippen LogP contribution in [0, 0.1) is 26.7 Å². The second-order valence-electron chi connectivity index (χ2n) is 6.30. The molecule has 2 aromatic rings. The lowest BCUT2D eigenvalue weighted by Crippen LogP contribution is -2.28. The Hall–Kier alpha value is -2.30. The fourth-order valence-electron chi connectivity index (χ4n) is 2.32. The maximum absolute atomic E-state index is 12.2. The fraction of sp³-hybridized carbons (Fsp3) is 0.474. The molecular weight excluding hydrogens is 304 g/mol. The third-order valence-electron chi connectivity index (χ3n) is 4.30. The molecular formula is C19H26N2O3. The Balaban J connectivity index is 2.00. The van der Waals surface area contributed by atoms with Gasteiger partial charge < -0.3 is 14.6 Å². The first kappa shape index (κ1) is 18.0. The van der Waals surface area contributed by atoms with Crippen LogP contribution in [0.3, 0.4) is 0 Å². The summed E-state index contributed by atoms with van der Waals surface area (Å²) in [5, 5.41) is 6.89. The average Bonchev–Trinajstić information content (AvgIpc) is 2.89. The summed E-state index contributed by atoms with van der Waals surface area (Å²) in [5.74, 6) is 1.96. The van der Waals surface area contributed by atoms with E-state index >= 15 is 0 Å². The van der Waals surface area contributed by atoms with Crippen LogP contribution in [-0.4, -0.2) is 17.6 Å². The first-order valence-electron chi connectivity index (χ1n) is 8.35. The summed E-state index contributed by atoms with van der Waals surface area (Å²) in [5.41, 5.74) is 3.38. The van der Waals surface area contributed by atoms with E-state index in [-0.39, 0.29) is 5.91 Å². The van der Waals surface area contributed by atoms with E-state index in [4.69, 9.17) is 9.26 Å². The van der Waals surface area contributed by atoms with Gasteiger partial charge in [0, 0.05) is 12.1 Å². The molecule has 5 heteroatoms. The second kappa shape index (κ2) is 7.99. The van der Waals surface area contributed by atoms with Gasteiger partial charge in [0.25, 0.3) is 5.91 Å². The normalized spacial score (nSPS) is 12.0. The number of benzene rings is 1. The van der Waals surface area contributed by atoms with Gasteiger partial charge in [-0.15, -0.1) is 0 Å². The highest BCUT2D eigenvalue weighted by molar-refractivity contribution is 5.94. The molecule has 0 saturated heterocycles. The van der Waals surface area contributed by atoms with Gasteiger partial charge in [-0.1, -0.05) is 25.4 Å². The van der Waals surface area contributed by atoms with E-state index in [2.05, 4.69) is 24.3 Å². The summed E-state index contributed by atoms with van der Waals surface area (Å²) in [6.45, 7) is 11.0. The summed E-state index contributed by atoms with van der Waals surface area (Å²) in [6, 6.07) is 5.49. The van der Waals surface area contributed by atoms with Gasteiger partial charge in [0.05, 0.1) is 11.3 Å². The van der Waals surface area contributed by atoms with Crippen LogP contribution in [-0.2, 0) is 6.61 Å². The van der Waals surface area contributed by atoms with Crippen molar-refractivity contribution in [3.63, 3.8) is 0 Å². The zero-order valence-corrected chi connectivity index (χ0v) is 15.1. The number of aromatic nitrogens is 1. The monoisotopic (exact) mass is 330 g/mol. The lowest BCUT2D eigenvalue weighted by Gasteiger charge is -2.12. The first-order chi connectivity index (χ1) is 11.4. The number of carbonyl (C=O) groups is 1. The average molecular weight is 330 g/mol. The van der Waals surface area contributed by atoms with E-state index in [1.807, 2.05) is 32.9 Å². The minimum Gasteiger partial charge on any atom is -0.488 e. The molecule has 1 N–H and O–H groups in total. The van der Waals surface area contributed by atoms with Crippen molar-refractivity contribution in [2.24, 2.45) is 5.92 Å². The van der Waals surface area contributed by atoms with Crippen LogP contribution in [0.5, 0.6) is 5.75 Å². The minimum atomic E-state index is -0.0457. The molecule has 0 aliphatic heterocycles. The van der Waals surface area contributed by atoms with Crippen molar-refractivity contribution < 1.29 is 14.1 Å². The molecule has 0 aliphatic carbocycles. The van der Waals surface area contributed by atoms with Crippen molar-refractivity contribution in [3.05, 3.63) is 46.3 Å². The number of nitrogens with zero attached hydrogens (tertiary/aromatic N) is 1. The molecule has 5 nitrogen and oxygen atoms in total. The van der Waals surface area contributed by atoms with Gasteiger partial charge in [-0.05, 0) is 50.5 Å². The lowest BCUT2D eigenvalue weighted by molar-refractivity contribution is 0.0947.